The first-order valence-electron chi connectivity index (χ1n) is 12.4. The Bertz CT molecular complexity index is 1150. The highest BCUT2D eigenvalue weighted by atomic mass is 16.5. The zero-order chi connectivity index (χ0) is 23.7. The Morgan fingerprint density at radius 1 is 1.09 bits per heavy atom. The van der Waals surface area contributed by atoms with Gasteiger partial charge < -0.3 is 25.0 Å². The van der Waals surface area contributed by atoms with Crippen LogP contribution in [0.25, 0.3) is 10.9 Å². The number of anilines is 1. The molecule has 0 saturated heterocycles. The Morgan fingerprint density at radius 2 is 1.82 bits per heavy atom. The van der Waals surface area contributed by atoms with Gasteiger partial charge in [0.15, 0.2) is 0 Å². The standard InChI is InChI=1S/C28H35N3O3/c1-28(33)13-11-22(12-14-28)29-17-24-16-21-15-23(7-10-26(21)31(24)2)30-27(32)20-5-8-25(9-6-20)34-18-19-3-4-19/h5-10,15-16,19,22,29,33H,3-4,11-14,17-18H2,1-2H3,(H,30,32)/t22-,28+. The number of nitrogens with one attached hydrogen (secondary N) is 2. The summed E-state index contributed by atoms with van der Waals surface area (Å²) >= 11 is 0. The van der Waals surface area contributed by atoms with Gasteiger partial charge in [-0.1, -0.05) is 0 Å². The largest absolute Gasteiger partial charge is 0.493 e. The second-order valence-corrected chi connectivity index (χ2v) is 10.4. The fourth-order valence-corrected chi connectivity index (χ4v) is 4.75. The van der Waals surface area contributed by atoms with E-state index in [0.29, 0.717) is 17.5 Å². The molecule has 0 unspecified atom stereocenters. The van der Waals surface area contributed by atoms with E-state index in [2.05, 4.69) is 34.4 Å². The topological polar surface area (TPSA) is 75.5 Å². The molecule has 2 aliphatic rings. The van der Waals surface area contributed by atoms with Crippen LogP contribution in [-0.2, 0) is 13.6 Å². The summed E-state index contributed by atoms with van der Waals surface area (Å²) in [6.45, 7) is 3.49. The molecule has 0 atom stereocenters. The van der Waals surface area contributed by atoms with Gasteiger partial charge in [-0.2, -0.15) is 0 Å². The molecular formula is C28H35N3O3. The van der Waals surface area contributed by atoms with Crippen molar-refractivity contribution in [2.75, 3.05) is 11.9 Å². The van der Waals surface area contributed by atoms with E-state index in [4.69, 9.17) is 4.74 Å². The second-order valence-electron chi connectivity index (χ2n) is 10.4. The Morgan fingerprint density at radius 3 is 2.53 bits per heavy atom. The number of benzene rings is 2. The van der Waals surface area contributed by atoms with Crippen molar-refractivity contribution in [1.29, 1.82) is 0 Å². The van der Waals surface area contributed by atoms with Crippen LogP contribution >= 0.6 is 0 Å². The first-order chi connectivity index (χ1) is 16.4. The van der Waals surface area contributed by atoms with Gasteiger partial charge in [0, 0.05) is 47.5 Å². The van der Waals surface area contributed by atoms with Crippen molar-refractivity contribution in [3.63, 3.8) is 0 Å². The molecule has 5 rings (SSSR count). The number of hydrogen-bond donors (Lipinski definition) is 3. The van der Waals surface area contributed by atoms with E-state index in [1.807, 2.05) is 43.3 Å². The molecule has 3 N–H and O–H groups in total. The maximum atomic E-state index is 12.7. The van der Waals surface area contributed by atoms with Gasteiger partial charge in [0.05, 0.1) is 12.2 Å². The van der Waals surface area contributed by atoms with E-state index in [-0.39, 0.29) is 5.91 Å². The smallest absolute Gasteiger partial charge is 0.255 e. The summed E-state index contributed by atoms with van der Waals surface area (Å²) in [4.78, 5) is 12.7. The van der Waals surface area contributed by atoms with Crippen LogP contribution in [0.3, 0.4) is 0 Å². The summed E-state index contributed by atoms with van der Waals surface area (Å²) in [6.07, 6.45) is 6.21. The minimum absolute atomic E-state index is 0.126. The van der Waals surface area contributed by atoms with Crippen LogP contribution in [0.15, 0.2) is 48.5 Å². The number of ether oxygens (including phenoxy) is 1. The number of carbonyl (C=O) groups is 1. The van der Waals surface area contributed by atoms with Crippen molar-refractivity contribution in [3.8, 4) is 5.75 Å². The lowest BCUT2D eigenvalue weighted by molar-refractivity contribution is 0.0139. The van der Waals surface area contributed by atoms with Gasteiger partial charge in [0.1, 0.15) is 5.75 Å². The maximum Gasteiger partial charge on any atom is 0.255 e. The molecule has 2 aliphatic carbocycles. The molecule has 3 aromatic rings. The average molecular weight is 462 g/mol. The predicted molar refractivity (Wildman–Crippen MR) is 135 cm³/mol. The summed E-state index contributed by atoms with van der Waals surface area (Å²) in [5.74, 6) is 1.39. The molecule has 6 nitrogen and oxygen atoms in total. The fraction of sp³-hybridized carbons (Fsp3) is 0.464. The summed E-state index contributed by atoms with van der Waals surface area (Å²) < 4.78 is 7.96. The lowest BCUT2D eigenvalue weighted by Crippen LogP contribution is -2.39. The third-order valence-corrected chi connectivity index (χ3v) is 7.33. The second kappa shape index (κ2) is 9.43. The van der Waals surface area contributed by atoms with Crippen molar-refractivity contribution in [2.45, 2.75) is 63.6 Å². The number of hydrogen-bond acceptors (Lipinski definition) is 4. The zero-order valence-corrected chi connectivity index (χ0v) is 20.1. The Kier molecular flexibility index (Phi) is 6.36. The third-order valence-electron chi connectivity index (χ3n) is 7.33. The molecule has 0 spiro atoms. The van der Waals surface area contributed by atoms with Crippen molar-refractivity contribution < 1.29 is 14.6 Å². The minimum atomic E-state index is -0.509. The third kappa shape index (κ3) is 5.45. The number of amides is 1. The summed E-state index contributed by atoms with van der Waals surface area (Å²) in [7, 11) is 2.08. The van der Waals surface area contributed by atoms with Gasteiger partial charge >= 0.3 is 0 Å². The molecule has 2 fully saturated rings. The molecule has 6 heteroatoms. The number of fused-ring (bicyclic) bond motifs is 1. The summed E-state index contributed by atoms with van der Waals surface area (Å²) in [6, 6.07) is 16.0. The van der Waals surface area contributed by atoms with E-state index in [1.165, 1.54) is 18.5 Å². The minimum Gasteiger partial charge on any atom is -0.493 e. The van der Waals surface area contributed by atoms with E-state index in [1.54, 1.807) is 0 Å². The van der Waals surface area contributed by atoms with Crippen LogP contribution < -0.4 is 15.4 Å². The molecule has 34 heavy (non-hydrogen) atoms. The van der Waals surface area contributed by atoms with E-state index in [0.717, 1.165) is 61.2 Å². The molecule has 0 bridgehead atoms. The van der Waals surface area contributed by atoms with Gasteiger partial charge in [-0.25, -0.2) is 0 Å². The Balaban J connectivity index is 1.20. The van der Waals surface area contributed by atoms with Crippen LogP contribution in [0.4, 0.5) is 5.69 Å². The molecule has 1 aromatic heterocycles. The van der Waals surface area contributed by atoms with Crippen molar-refractivity contribution in [1.82, 2.24) is 9.88 Å². The molecule has 0 radical (unpaired) electrons. The summed E-state index contributed by atoms with van der Waals surface area (Å²) in [5, 5.41) is 17.9. The van der Waals surface area contributed by atoms with Crippen molar-refractivity contribution >= 4 is 22.5 Å². The fourth-order valence-electron chi connectivity index (χ4n) is 4.75. The van der Waals surface area contributed by atoms with E-state index < -0.39 is 5.60 Å². The van der Waals surface area contributed by atoms with Crippen LogP contribution in [0, 0.1) is 5.92 Å². The van der Waals surface area contributed by atoms with E-state index >= 15 is 0 Å². The van der Waals surface area contributed by atoms with Crippen molar-refractivity contribution in [3.05, 3.63) is 59.8 Å². The monoisotopic (exact) mass is 461 g/mol. The highest BCUT2D eigenvalue weighted by Crippen LogP contribution is 2.30. The van der Waals surface area contributed by atoms with Crippen LogP contribution in [0.2, 0.25) is 0 Å². The summed E-state index contributed by atoms with van der Waals surface area (Å²) in [5.41, 5.74) is 3.23. The quantitative estimate of drug-likeness (QED) is 0.441. The lowest BCUT2D eigenvalue weighted by Gasteiger charge is -2.33. The first kappa shape index (κ1) is 22.9. The number of rotatable bonds is 8. The normalized spacial score (nSPS) is 22.6. The zero-order valence-electron chi connectivity index (χ0n) is 20.1. The number of nitrogens with zero attached hydrogens (tertiary/aromatic N) is 1. The van der Waals surface area contributed by atoms with Crippen LogP contribution in [0.1, 0.15) is 61.5 Å². The SMILES string of the molecule is Cn1c(CN[C@H]2CC[C@@](C)(O)CC2)cc2cc(NC(=O)c3ccc(OCC4CC4)cc3)ccc21. The number of aryl methyl sites for hydroxylation is 1. The first-order valence-corrected chi connectivity index (χ1v) is 12.4. The Labute approximate surface area is 201 Å². The van der Waals surface area contributed by atoms with Gasteiger partial charge in [0.25, 0.3) is 5.91 Å². The maximum absolute atomic E-state index is 12.7. The van der Waals surface area contributed by atoms with E-state index in [9.17, 15) is 9.90 Å². The number of carbonyl (C=O) groups excluding carboxylic acids is 1. The number of aliphatic hydroxyl groups is 1. The molecule has 2 aromatic carbocycles. The van der Waals surface area contributed by atoms with Gasteiger partial charge in [-0.15, -0.1) is 0 Å². The highest BCUT2D eigenvalue weighted by Gasteiger charge is 2.28. The molecular weight excluding hydrogens is 426 g/mol. The molecule has 180 valence electrons. The van der Waals surface area contributed by atoms with Gasteiger partial charge in [-0.3, -0.25) is 4.79 Å². The Hall–Kier alpha value is -2.83. The van der Waals surface area contributed by atoms with Gasteiger partial charge in [0.2, 0.25) is 0 Å². The highest BCUT2D eigenvalue weighted by molar-refractivity contribution is 6.05. The molecule has 1 heterocycles. The van der Waals surface area contributed by atoms with Crippen LogP contribution in [0.5, 0.6) is 5.75 Å². The molecule has 2 saturated carbocycles. The van der Waals surface area contributed by atoms with Crippen LogP contribution in [-0.4, -0.2) is 33.8 Å². The average Bonchev–Trinajstić information content (AvgIpc) is 3.60. The number of aromatic nitrogens is 1. The predicted octanol–water partition coefficient (Wildman–Crippen LogP) is 5.00. The molecule has 0 aliphatic heterocycles. The lowest BCUT2D eigenvalue weighted by atomic mass is 9.84. The molecule has 1 amide bonds. The van der Waals surface area contributed by atoms with Gasteiger partial charge in [-0.05, 0) is 99.9 Å². The van der Waals surface area contributed by atoms with Crippen molar-refractivity contribution in [2.24, 2.45) is 13.0 Å².